The fraction of sp³-hybridized carbons (Fsp3) is 0.118. The predicted octanol–water partition coefficient (Wildman–Crippen LogP) is 3.27. The summed E-state index contributed by atoms with van der Waals surface area (Å²) >= 11 is 0. The molecule has 0 spiro atoms. The second-order valence-electron chi connectivity index (χ2n) is 4.87. The van der Waals surface area contributed by atoms with Crippen LogP contribution in [0.2, 0.25) is 0 Å². The van der Waals surface area contributed by atoms with Gasteiger partial charge < -0.3 is 15.2 Å². The van der Waals surface area contributed by atoms with Crippen molar-refractivity contribution in [3.8, 4) is 11.5 Å². The van der Waals surface area contributed by atoms with E-state index in [1.165, 1.54) is 0 Å². The standard InChI is InChI=1S/C17H15NO3/c19-17(20)16-10-13(11-18-16)12-5-4-8-15(9-12)21-14-6-2-1-3-7-14/h1-9,11,16,18H,10H2,(H,19,20). The maximum atomic E-state index is 11.0. The van der Waals surface area contributed by atoms with E-state index in [-0.39, 0.29) is 0 Å². The lowest BCUT2D eigenvalue weighted by atomic mass is 10.0. The lowest BCUT2D eigenvalue weighted by Gasteiger charge is -2.08. The van der Waals surface area contributed by atoms with E-state index in [1.54, 1.807) is 6.20 Å². The Morgan fingerprint density at radius 2 is 1.86 bits per heavy atom. The molecule has 1 unspecified atom stereocenters. The van der Waals surface area contributed by atoms with E-state index in [0.29, 0.717) is 6.42 Å². The Hall–Kier alpha value is -2.75. The summed E-state index contributed by atoms with van der Waals surface area (Å²) in [7, 11) is 0. The summed E-state index contributed by atoms with van der Waals surface area (Å²) in [5.41, 5.74) is 1.94. The largest absolute Gasteiger partial charge is 0.480 e. The number of carboxylic acids is 1. The van der Waals surface area contributed by atoms with E-state index in [4.69, 9.17) is 9.84 Å². The van der Waals surface area contributed by atoms with Crippen LogP contribution in [0.3, 0.4) is 0 Å². The number of rotatable bonds is 4. The summed E-state index contributed by atoms with van der Waals surface area (Å²) in [6, 6.07) is 16.7. The van der Waals surface area contributed by atoms with Gasteiger partial charge in [-0.25, -0.2) is 4.79 Å². The fourth-order valence-electron chi connectivity index (χ4n) is 2.28. The Balaban J connectivity index is 1.77. The van der Waals surface area contributed by atoms with E-state index in [2.05, 4.69) is 5.32 Å². The predicted molar refractivity (Wildman–Crippen MR) is 80.1 cm³/mol. The van der Waals surface area contributed by atoms with Gasteiger partial charge in [-0.1, -0.05) is 30.3 Å². The van der Waals surface area contributed by atoms with Crippen molar-refractivity contribution < 1.29 is 14.6 Å². The zero-order chi connectivity index (χ0) is 14.7. The highest BCUT2D eigenvalue weighted by Crippen LogP contribution is 2.28. The molecule has 2 aromatic rings. The van der Waals surface area contributed by atoms with Crippen molar-refractivity contribution in [3.05, 3.63) is 66.4 Å². The van der Waals surface area contributed by atoms with Crippen LogP contribution in [0.25, 0.3) is 5.57 Å². The highest BCUT2D eigenvalue weighted by Gasteiger charge is 2.23. The van der Waals surface area contributed by atoms with Crippen LogP contribution in [0.15, 0.2) is 60.8 Å². The molecule has 2 aromatic carbocycles. The van der Waals surface area contributed by atoms with Gasteiger partial charge in [0.1, 0.15) is 17.5 Å². The zero-order valence-corrected chi connectivity index (χ0v) is 11.3. The van der Waals surface area contributed by atoms with E-state index >= 15 is 0 Å². The molecular weight excluding hydrogens is 266 g/mol. The third-order valence-electron chi connectivity index (χ3n) is 3.36. The van der Waals surface area contributed by atoms with Crippen LogP contribution >= 0.6 is 0 Å². The molecule has 21 heavy (non-hydrogen) atoms. The Labute approximate surface area is 122 Å². The van der Waals surface area contributed by atoms with Crippen molar-refractivity contribution >= 4 is 11.5 Å². The van der Waals surface area contributed by atoms with Gasteiger partial charge in [-0.2, -0.15) is 0 Å². The molecule has 4 nitrogen and oxygen atoms in total. The summed E-state index contributed by atoms with van der Waals surface area (Å²) in [5.74, 6) is 0.674. The number of ether oxygens (including phenoxy) is 1. The Morgan fingerprint density at radius 3 is 2.57 bits per heavy atom. The number of para-hydroxylation sites is 1. The minimum Gasteiger partial charge on any atom is -0.480 e. The highest BCUT2D eigenvalue weighted by molar-refractivity contribution is 5.81. The van der Waals surface area contributed by atoms with Crippen LogP contribution in [0.4, 0.5) is 0 Å². The third-order valence-corrected chi connectivity index (χ3v) is 3.36. The molecule has 0 amide bonds. The van der Waals surface area contributed by atoms with Crippen LogP contribution in [-0.2, 0) is 4.79 Å². The molecule has 0 saturated carbocycles. The second kappa shape index (κ2) is 5.71. The van der Waals surface area contributed by atoms with Gasteiger partial charge in [0.2, 0.25) is 0 Å². The van der Waals surface area contributed by atoms with E-state index in [0.717, 1.165) is 22.6 Å². The maximum absolute atomic E-state index is 11.0. The lowest BCUT2D eigenvalue weighted by Crippen LogP contribution is -2.28. The minimum absolute atomic E-state index is 0.476. The van der Waals surface area contributed by atoms with Gasteiger partial charge in [-0.05, 0) is 35.4 Å². The summed E-state index contributed by atoms with van der Waals surface area (Å²) in [5, 5.41) is 11.9. The first-order valence-corrected chi connectivity index (χ1v) is 6.73. The Morgan fingerprint density at radius 1 is 1.10 bits per heavy atom. The SMILES string of the molecule is O=C(O)C1CC(c2cccc(Oc3ccccc3)c2)=CN1. The zero-order valence-electron chi connectivity index (χ0n) is 11.3. The summed E-state index contributed by atoms with van der Waals surface area (Å²) < 4.78 is 5.79. The molecule has 3 rings (SSSR count). The molecule has 106 valence electrons. The van der Waals surface area contributed by atoms with E-state index < -0.39 is 12.0 Å². The Kier molecular flexibility index (Phi) is 3.60. The van der Waals surface area contributed by atoms with Gasteiger partial charge in [0.25, 0.3) is 0 Å². The molecule has 1 aliphatic heterocycles. The van der Waals surface area contributed by atoms with Gasteiger partial charge in [0.15, 0.2) is 0 Å². The molecule has 2 N–H and O–H groups in total. The van der Waals surface area contributed by atoms with Crippen molar-refractivity contribution in [1.29, 1.82) is 0 Å². The van der Waals surface area contributed by atoms with Crippen LogP contribution < -0.4 is 10.1 Å². The Bertz CT molecular complexity index is 679. The number of nitrogens with one attached hydrogen (secondary N) is 1. The molecule has 0 aliphatic carbocycles. The molecular formula is C17H15NO3. The van der Waals surface area contributed by atoms with Gasteiger partial charge in [-0.3, -0.25) is 0 Å². The summed E-state index contributed by atoms with van der Waals surface area (Å²) in [6.45, 7) is 0. The van der Waals surface area contributed by atoms with E-state index in [1.807, 2.05) is 54.6 Å². The number of hydrogen-bond acceptors (Lipinski definition) is 3. The first-order chi connectivity index (χ1) is 10.2. The normalized spacial score (nSPS) is 17.0. The van der Waals surface area contributed by atoms with Crippen molar-refractivity contribution in [1.82, 2.24) is 5.32 Å². The molecule has 0 radical (unpaired) electrons. The second-order valence-corrected chi connectivity index (χ2v) is 4.87. The molecule has 0 aromatic heterocycles. The monoisotopic (exact) mass is 281 g/mol. The maximum Gasteiger partial charge on any atom is 0.326 e. The minimum atomic E-state index is -0.835. The molecule has 0 saturated heterocycles. The highest BCUT2D eigenvalue weighted by atomic mass is 16.5. The topological polar surface area (TPSA) is 58.6 Å². The van der Waals surface area contributed by atoms with Crippen molar-refractivity contribution in [2.45, 2.75) is 12.5 Å². The first kappa shape index (κ1) is 13.2. The van der Waals surface area contributed by atoms with Crippen LogP contribution in [0, 0.1) is 0 Å². The van der Waals surface area contributed by atoms with Crippen LogP contribution in [0.1, 0.15) is 12.0 Å². The van der Waals surface area contributed by atoms with Crippen molar-refractivity contribution in [2.75, 3.05) is 0 Å². The van der Waals surface area contributed by atoms with Gasteiger partial charge >= 0.3 is 5.97 Å². The first-order valence-electron chi connectivity index (χ1n) is 6.73. The van der Waals surface area contributed by atoms with Gasteiger partial charge in [0.05, 0.1) is 0 Å². The smallest absolute Gasteiger partial charge is 0.326 e. The number of hydrogen-bond donors (Lipinski definition) is 2. The number of aliphatic carboxylic acids is 1. The number of benzene rings is 2. The summed E-state index contributed by atoms with van der Waals surface area (Å²) in [6.07, 6.45) is 2.24. The summed E-state index contributed by atoms with van der Waals surface area (Å²) in [4.78, 5) is 11.0. The van der Waals surface area contributed by atoms with Crippen LogP contribution in [-0.4, -0.2) is 17.1 Å². The van der Waals surface area contributed by atoms with Gasteiger partial charge in [0, 0.05) is 12.6 Å². The molecule has 1 aliphatic rings. The molecule has 1 heterocycles. The molecule has 0 fully saturated rings. The van der Waals surface area contributed by atoms with Crippen molar-refractivity contribution in [2.24, 2.45) is 0 Å². The average Bonchev–Trinajstić information content (AvgIpc) is 2.99. The lowest BCUT2D eigenvalue weighted by molar-refractivity contribution is -0.138. The molecule has 4 heteroatoms. The molecule has 1 atom stereocenters. The quantitative estimate of drug-likeness (QED) is 0.903. The van der Waals surface area contributed by atoms with Crippen LogP contribution in [0.5, 0.6) is 11.5 Å². The fourth-order valence-corrected chi connectivity index (χ4v) is 2.28. The number of carbonyl (C=O) groups is 1. The average molecular weight is 281 g/mol. The number of carboxylic acid groups (broad SMARTS) is 1. The van der Waals surface area contributed by atoms with Crippen molar-refractivity contribution in [3.63, 3.8) is 0 Å². The van der Waals surface area contributed by atoms with Gasteiger partial charge in [-0.15, -0.1) is 0 Å². The molecule has 0 bridgehead atoms. The third kappa shape index (κ3) is 3.05. The van der Waals surface area contributed by atoms with E-state index in [9.17, 15) is 4.79 Å².